The number of methoxy groups -OCH3 is 3. The van der Waals surface area contributed by atoms with Crippen molar-refractivity contribution in [2.45, 2.75) is 12.8 Å². The minimum atomic E-state index is -0.374. The summed E-state index contributed by atoms with van der Waals surface area (Å²) in [7, 11) is 4.67. The van der Waals surface area contributed by atoms with E-state index in [4.69, 9.17) is 19.9 Å². The maximum atomic E-state index is 13.4. The molecule has 0 fully saturated rings. The summed E-state index contributed by atoms with van der Waals surface area (Å²) >= 11 is 0. The standard InChI is InChI=1S/C20H26FN3O3/c1-25-17-7-5-15(13-19(17)27-3)9-11-24-20(22)23-10-8-14-4-6-16(21)18(12-14)26-2/h4-7,12-13H,8-11H2,1-3H3,(H3,22,23,24). The van der Waals surface area contributed by atoms with E-state index in [0.717, 1.165) is 17.5 Å². The molecule has 2 rings (SSSR count). The molecule has 0 aliphatic carbocycles. The predicted octanol–water partition coefficient (Wildman–Crippen LogP) is 2.54. The number of nitrogens with two attached hydrogens (primary N) is 1. The first-order valence-corrected chi connectivity index (χ1v) is 8.64. The second-order valence-corrected chi connectivity index (χ2v) is 5.85. The molecule has 146 valence electrons. The van der Waals surface area contributed by atoms with Crippen LogP contribution in [-0.4, -0.2) is 40.4 Å². The summed E-state index contributed by atoms with van der Waals surface area (Å²) in [5.74, 6) is 1.64. The molecule has 7 heteroatoms. The van der Waals surface area contributed by atoms with Crippen LogP contribution in [0.2, 0.25) is 0 Å². The maximum Gasteiger partial charge on any atom is 0.188 e. The van der Waals surface area contributed by atoms with Gasteiger partial charge >= 0.3 is 0 Å². The van der Waals surface area contributed by atoms with Crippen LogP contribution in [0.5, 0.6) is 17.2 Å². The molecule has 0 atom stereocenters. The van der Waals surface area contributed by atoms with Crippen LogP contribution in [0.4, 0.5) is 4.39 Å². The molecule has 0 saturated heterocycles. The van der Waals surface area contributed by atoms with Gasteiger partial charge < -0.3 is 25.3 Å². The summed E-state index contributed by atoms with van der Waals surface area (Å²) in [4.78, 5) is 4.29. The third kappa shape index (κ3) is 6.06. The first kappa shape index (κ1) is 20.4. The molecule has 0 aliphatic heterocycles. The zero-order valence-electron chi connectivity index (χ0n) is 15.9. The molecule has 0 heterocycles. The average Bonchev–Trinajstić information content (AvgIpc) is 2.69. The largest absolute Gasteiger partial charge is 0.494 e. The first-order valence-electron chi connectivity index (χ1n) is 8.64. The van der Waals surface area contributed by atoms with Gasteiger partial charge in [0.25, 0.3) is 0 Å². The molecular weight excluding hydrogens is 349 g/mol. The maximum absolute atomic E-state index is 13.4. The molecule has 0 aromatic heterocycles. The minimum absolute atomic E-state index is 0.234. The zero-order valence-corrected chi connectivity index (χ0v) is 15.9. The molecule has 2 aromatic rings. The third-order valence-corrected chi connectivity index (χ3v) is 4.07. The molecule has 3 N–H and O–H groups in total. The Kier molecular flexibility index (Phi) is 7.73. The van der Waals surface area contributed by atoms with Crippen LogP contribution >= 0.6 is 0 Å². The van der Waals surface area contributed by atoms with Gasteiger partial charge in [0.15, 0.2) is 29.0 Å². The number of halogens is 1. The Morgan fingerprint density at radius 3 is 2.26 bits per heavy atom. The number of nitrogens with one attached hydrogen (secondary N) is 1. The summed E-state index contributed by atoms with van der Waals surface area (Å²) < 4.78 is 28.9. The summed E-state index contributed by atoms with van der Waals surface area (Å²) in [6.45, 7) is 1.15. The van der Waals surface area contributed by atoms with E-state index in [1.165, 1.54) is 13.2 Å². The van der Waals surface area contributed by atoms with Gasteiger partial charge in [-0.2, -0.15) is 0 Å². The lowest BCUT2D eigenvalue weighted by atomic mass is 10.1. The second-order valence-electron chi connectivity index (χ2n) is 5.85. The molecule has 0 spiro atoms. The predicted molar refractivity (Wildman–Crippen MR) is 104 cm³/mol. The number of aliphatic imine (C=N–C) groups is 1. The van der Waals surface area contributed by atoms with Crippen molar-refractivity contribution in [1.29, 1.82) is 0 Å². The summed E-state index contributed by atoms with van der Waals surface area (Å²) in [5.41, 5.74) is 7.94. The Hall–Kier alpha value is -2.96. The van der Waals surface area contributed by atoms with Gasteiger partial charge in [0.05, 0.1) is 21.3 Å². The Labute approximate surface area is 159 Å². The monoisotopic (exact) mass is 375 g/mol. The number of rotatable bonds is 9. The molecule has 0 radical (unpaired) electrons. The third-order valence-electron chi connectivity index (χ3n) is 4.07. The number of hydrogen-bond acceptors (Lipinski definition) is 4. The smallest absolute Gasteiger partial charge is 0.188 e. The van der Waals surface area contributed by atoms with Crippen LogP contribution in [0, 0.1) is 5.82 Å². The van der Waals surface area contributed by atoms with Gasteiger partial charge in [-0.05, 0) is 48.2 Å². The van der Waals surface area contributed by atoms with Crippen molar-refractivity contribution in [3.05, 3.63) is 53.3 Å². The van der Waals surface area contributed by atoms with Gasteiger partial charge in [-0.1, -0.05) is 12.1 Å². The Morgan fingerprint density at radius 2 is 1.56 bits per heavy atom. The molecule has 0 bridgehead atoms. The molecule has 0 saturated carbocycles. The van der Waals surface area contributed by atoms with Crippen LogP contribution in [0.3, 0.4) is 0 Å². The van der Waals surface area contributed by atoms with Crippen molar-refractivity contribution in [3.63, 3.8) is 0 Å². The summed E-state index contributed by atoms with van der Waals surface area (Å²) in [6, 6.07) is 10.6. The van der Waals surface area contributed by atoms with Gasteiger partial charge in [-0.25, -0.2) is 4.39 Å². The van der Waals surface area contributed by atoms with Crippen molar-refractivity contribution >= 4 is 5.96 Å². The number of ether oxygens (including phenoxy) is 3. The van der Waals surface area contributed by atoms with E-state index in [9.17, 15) is 4.39 Å². The fourth-order valence-electron chi connectivity index (χ4n) is 2.59. The fourth-order valence-corrected chi connectivity index (χ4v) is 2.59. The van der Waals surface area contributed by atoms with Gasteiger partial charge in [0.1, 0.15) is 0 Å². The molecule has 0 aliphatic rings. The minimum Gasteiger partial charge on any atom is -0.494 e. The SMILES string of the molecule is COc1cc(CCN=C(N)NCCc2ccc(OC)c(OC)c2)ccc1F. The van der Waals surface area contributed by atoms with Gasteiger partial charge in [-0.15, -0.1) is 0 Å². The van der Waals surface area contributed by atoms with Crippen molar-refractivity contribution in [3.8, 4) is 17.2 Å². The molecule has 6 nitrogen and oxygen atoms in total. The molecule has 0 amide bonds. The van der Waals surface area contributed by atoms with Gasteiger partial charge in [0.2, 0.25) is 0 Å². The molecule has 0 unspecified atom stereocenters. The van der Waals surface area contributed by atoms with Crippen LogP contribution in [0.25, 0.3) is 0 Å². The van der Waals surface area contributed by atoms with Gasteiger partial charge in [0, 0.05) is 13.1 Å². The second kappa shape index (κ2) is 10.3. The van der Waals surface area contributed by atoms with E-state index >= 15 is 0 Å². The summed E-state index contributed by atoms with van der Waals surface area (Å²) in [5, 5.41) is 3.09. The van der Waals surface area contributed by atoms with E-state index in [0.29, 0.717) is 37.0 Å². The average molecular weight is 375 g/mol. The fraction of sp³-hybridized carbons (Fsp3) is 0.350. The van der Waals surface area contributed by atoms with Crippen molar-refractivity contribution < 1.29 is 18.6 Å². The zero-order chi connectivity index (χ0) is 19.6. The normalized spacial score (nSPS) is 11.2. The molecule has 2 aromatic carbocycles. The van der Waals surface area contributed by atoms with Gasteiger partial charge in [-0.3, -0.25) is 4.99 Å². The van der Waals surface area contributed by atoms with Crippen molar-refractivity contribution in [2.75, 3.05) is 34.4 Å². The lowest BCUT2D eigenvalue weighted by Crippen LogP contribution is -2.33. The van der Waals surface area contributed by atoms with E-state index in [1.54, 1.807) is 26.4 Å². The van der Waals surface area contributed by atoms with Crippen molar-refractivity contribution in [1.82, 2.24) is 5.32 Å². The number of hydrogen-bond donors (Lipinski definition) is 2. The topological polar surface area (TPSA) is 78.1 Å². The van der Waals surface area contributed by atoms with Crippen LogP contribution < -0.4 is 25.3 Å². The first-order chi connectivity index (χ1) is 13.1. The highest BCUT2D eigenvalue weighted by molar-refractivity contribution is 5.77. The lowest BCUT2D eigenvalue weighted by molar-refractivity contribution is 0.354. The van der Waals surface area contributed by atoms with Crippen LogP contribution in [0.1, 0.15) is 11.1 Å². The number of nitrogens with zero attached hydrogens (tertiary/aromatic N) is 1. The van der Waals surface area contributed by atoms with Crippen LogP contribution in [0.15, 0.2) is 41.4 Å². The van der Waals surface area contributed by atoms with E-state index in [1.807, 2.05) is 18.2 Å². The van der Waals surface area contributed by atoms with Crippen LogP contribution in [-0.2, 0) is 12.8 Å². The van der Waals surface area contributed by atoms with E-state index in [-0.39, 0.29) is 11.6 Å². The Balaban J connectivity index is 1.79. The summed E-state index contributed by atoms with van der Waals surface area (Å²) in [6.07, 6.45) is 1.42. The lowest BCUT2D eigenvalue weighted by Gasteiger charge is -2.10. The number of guanidine groups is 1. The Morgan fingerprint density at radius 1 is 0.926 bits per heavy atom. The highest BCUT2D eigenvalue weighted by atomic mass is 19.1. The van der Waals surface area contributed by atoms with E-state index < -0.39 is 0 Å². The highest BCUT2D eigenvalue weighted by Gasteiger charge is 2.05. The Bertz CT molecular complexity index is 781. The quantitative estimate of drug-likeness (QED) is 0.520. The highest BCUT2D eigenvalue weighted by Crippen LogP contribution is 2.27. The van der Waals surface area contributed by atoms with E-state index in [2.05, 4.69) is 10.3 Å². The van der Waals surface area contributed by atoms with Crippen molar-refractivity contribution in [2.24, 2.45) is 10.7 Å². The molecule has 27 heavy (non-hydrogen) atoms. The molecular formula is C20H26FN3O3. The number of benzene rings is 2.